The molecule has 0 radical (unpaired) electrons. The van der Waals surface area contributed by atoms with Crippen LogP contribution in [0.3, 0.4) is 0 Å². The van der Waals surface area contributed by atoms with Crippen molar-refractivity contribution >= 4 is 5.91 Å². The van der Waals surface area contributed by atoms with E-state index in [2.05, 4.69) is 10.4 Å². The lowest BCUT2D eigenvalue weighted by Gasteiger charge is -2.13. The number of aliphatic hydroxyl groups excluding tert-OH is 1. The lowest BCUT2D eigenvalue weighted by molar-refractivity contribution is 0.0931. The zero-order valence-corrected chi connectivity index (χ0v) is 13.0. The first-order valence-corrected chi connectivity index (χ1v) is 7.37. The highest BCUT2D eigenvalue weighted by Crippen LogP contribution is 2.18. The minimum atomic E-state index is -0.499. The van der Waals surface area contributed by atoms with E-state index in [1.807, 2.05) is 6.92 Å². The second kappa shape index (κ2) is 7.23. The maximum atomic E-state index is 12.9. The third-order valence-corrected chi connectivity index (χ3v) is 3.36. The van der Waals surface area contributed by atoms with Gasteiger partial charge < -0.3 is 15.5 Å². The number of nitrogens with zero attached hydrogens (tertiary/aromatic N) is 2. The molecule has 6 nitrogen and oxygen atoms in total. The fourth-order valence-corrected chi connectivity index (χ4v) is 2.27. The first-order valence-electron chi connectivity index (χ1n) is 7.37. The van der Waals surface area contributed by atoms with Crippen LogP contribution in [-0.4, -0.2) is 38.5 Å². The Balaban J connectivity index is 2.05. The van der Waals surface area contributed by atoms with Crippen LogP contribution in [0.1, 0.15) is 30.8 Å². The summed E-state index contributed by atoms with van der Waals surface area (Å²) in [6.45, 7) is 3.96. The van der Waals surface area contributed by atoms with Gasteiger partial charge in [0.1, 0.15) is 5.82 Å². The third kappa shape index (κ3) is 4.53. The fourth-order valence-electron chi connectivity index (χ4n) is 2.27. The van der Waals surface area contributed by atoms with Crippen LogP contribution in [0.25, 0.3) is 5.69 Å². The summed E-state index contributed by atoms with van der Waals surface area (Å²) in [5.74, 6) is -1.04. The summed E-state index contributed by atoms with van der Waals surface area (Å²) in [7, 11) is 0. The van der Waals surface area contributed by atoms with Gasteiger partial charge in [0, 0.05) is 6.54 Å². The number of halogens is 1. The summed E-state index contributed by atoms with van der Waals surface area (Å²) in [5, 5.41) is 25.9. The Morgan fingerprint density at radius 3 is 2.61 bits per heavy atom. The van der Waals surface area contributed by atoms with E-state index in [9.17, 15) is 19.4 Å². The van der Waals surface area contributed by atoms with Gasteiger partial charge in [-0.05, 0) is 43.5 Å². The molecule has 2 unspecified atom stereocenters. The smallest absolute Gasteiger partial charge is 0.275 e. The number of aromatic hydroxyl groups is 1. The number of rotatable bonds is 6. The van der Waals surface area contributed by atoms with Crippen LogP contribution < -0.4 is 5.32 Å². The maximum Gasteiger partial charge on any atom is 0.275 e. The van der Waals surface area contributed by atoms with Crippen LogP contribution in [-0.2, 0) is 0 Å². The summed E-state index contributed by atoms with van der Waals surface area (Å²) in [6.07, 6.45) is 1.42. The Morgan fingerprint density at radius 1 is 1.35 bits per heavy atom. The Morgan fingerprint density at radius 2 is 2.00 bits per heavy atom. The molecule has 2 aromatic rings. The van der Waals surface area contributed by atoms with Crippen molar-refractivity contribution in [2.24, 2.45) is 5.92 Å². The first kappa shape index (κ1) is 17.0. The number of aromatic nitrogens is 2. The molecule has 7 heteroatoms. The predicted octanol–water partition coefficient (Wildman–Crippen LogP) is 1.85. The molecule has 0 fully saturated rings. The highest BCUT2D eigenvalue weighted by molar-refractivity contribution is 5.94. The van der Waals surface area contributed by atoms with E-state index in [-0.39, 0.29) is 23.2 Å². The lowest BCUT2D eigenvalue weighted by atomic mass is 10.0. The molecule has 1 aromatic carbocycles. The number of benzene rings is 1. The molecule has 0 saturated carbocycles. The summed E-state index contributed by atoms with van der Waals surface area (Å²) < 4.78 is 14.2. The SMILES string of the molecule is CC(O)CC(C)CNC(=O)c1nn(-c2ccc(F)cc2)cc1O. The van der Waals surface area contributed by atoms with Crippen LogP contribution in [0.5, 0.6) is 5.75 Å². The van der Waals surface area contributed by atoms with Gasteiger partial charge in [0.05, 0.1) is 18.0 Å². The van der Waals surface area contributed by atoms with Gasteiger partial charge in [-0.15, -0.1) is 0 Å². The molecular weight excluding hydrogens is 301 g/mol. The molecule has 0 aliphatic carbocycles. The molecule has 0 aliphatic rings. The number of nitrogens with one attached hydrogen (secondary N) is 1. The van der Waals surface area contributed by atoms with Crippen molar-refractivity contribution in [1.82, 2.24) is 15.1 Å². The molecule has 2 rings (SSSR count). The molecule has 23 heavy (non-hydrogen) atoms. The Hall–Kier alpha value is -2.41. The highest BCUT2D eigenvalue weighted by Gasteiger charge is 2.18. The van der Waals surface area contributed by atoms with Gasteiger partial charge in [-0.25, -0.2) is 9.07 Å². The van der Waals surface area contributed by atoms with Crippen LogP contribution >= 0.6 is 0 Å². The normalized spacial score (nSPS) is 13.6. The minimum absolute atomic E-state index is 0.0975. The molecular formula is C16H20FN3O3. The van der Waals surface area contributed by atoms with Gasteiger partial charge in [0.2, 0.25) is 0 Å². The van der Waals surface area contributed by atoms with Gasteiger partial charge >= 0.3 is 0 Å². The minimum Gasteiger partial charge on any atom is -0.504 e. The Kier molecular flexibility index (Phi) is 5.33. The number of carbonyl (C=O) groups excluding carboxylic acids is 1. The van der Waals surface area contributed by atoms with E-state index < -0.39 is 12.0 Å². The molecule has 1 heterocycles. The number of amides is 1. The number of hydrogen-bond acceptors (Lipinski definition) is 4. The molecule has 0 bridgehead atoms. The van der Waals surface area contributed by atoms with Crippen LogP contribution in [0.2, 0.25) is 0 Å². The van der Waals surface area contributed by atoms with Crippen molar-refractivity contribution in [1.29, 1.82) is 0 Å². The largest absolute Gasteiger partial charge is 0.504 e. The third-order valence-electron chi connectivity index (χ3n) is 3.36. The zero-order valence-electron chi connectivity index (χ0n) is 13.0. The topological polar surface area (TPSA) is 87.4 Å². The summed E-state index contributed by atoms with van der Waals surface area (Å²) in [6, 6.07) is 5.53. The molecule has 0 saturated heterocycles. The molecule has 1 aromatic heterocycles. The highest BCUT2D eigenvalue weighted by atomic mass is 19.1. The summed E-state index contributed by atoms with van der Waals surface area (Å²) in [5.41, 5.74) is 0.432. The second-order valence-electron chi connectivity index (χ2n) is 5.68. The Bertz CT molecular complexity index is 668. The molecule has 2 atom stereocenters. The van der Waals surface area contributed by atoms with E-state index in [4.69, 9.17) is 0 Å². The summed E-state index contributed by atoms with van der Waals surface area (Å²) in [4.78, 5) is 12.1. The quantitative estimate of drug-likeness (QED) is 0.758. The molecule has 1 amide bonds. The number of carbonyl (C=O) groups is 1. The predicted molar refractivity (Wildman–Crippen MR) is 83.0 cm³/mol. The van der Waals surface area contributed by atoms with Crippen molar-refractivity contribution in [3.05, 3.63) is 42.0 Å². The van der Waals surface area contributed by atoms with Crippen molar-refractivity contribution in [2.45, 2.75) is 26.4 Å². The van der Waals surface area contributed by atoms with Gasteiger partial charge in [0.25, 0.3) is 5.91 Å². The number of aliphatic hydroxyl groups is 1. The monoisotopic (exact) mass is 321 g/mol. The fraction of sp³-hybridized carbons (Fsp3) is 0.375. The van der Waals surface area contributed by atoms with E-state index in [1.165, 1.54) is 35.1 Å². The molecule has 3 N–H and O–H groups in total. The van der Waals surface area contributed by atoms with E-state index >= 15 is 0 Å². The van der Waals surface area contributed by atoms with Crippen molar-refractivity contribution in [3.63, 3.8) is 0 Å². The summed E-state index contributed by atoms with van der Waals surface area (Å²) >= 11 is 0. The van der Waals surface area contributed by atoms with E-state index in [1.54, 1.807) is 6.92 Å². The Labute approximate surface area is 133 Å². The first-order chi connectivity index (χ1) is 10.9. The van der Waals surface area contributed by atoms with Crippen LogP contribution in [0.15, 0.2) is 30.5 Å². The van der Waals surface area contributed by atoms with Crippen molar-refractivity contribution in [2.75, 3.05) is 6.54 Å². The average molecular weight is 321 g/mol. The van der Waals surface area contributed by atoms with Crippen molar-refractivity contribution in [3.8, 4) is 11.4 Å². The molecule has 0 spiro atoms. The van der Waals surface area contributed by atoms with Gasteiger partial charge in [-0.1, -0.05) is 6.92 Å². The van der Waals surface area contributed by atoms with E-state index in [0.29, 0.717) is 18.7 Å². The standard InChI is InChI=1S/C16H20FN3O3/c1-10(7-11(2)21)8-18-16(23)15-14(22)9-20(19-15)13-5-3-12(17)4-6-13/h3-6,9-11,21-22H,7-8H2,1-2H3,(H,18,23). The lowest BCUT2D eigenvalue weighted by Crippen LogP contribution is -2.30. The second-order valence-corrected chi connectivity index (χ2v) is 5.68. The van der Waals surface area contributed by atoms with E-state index in [0.717, 1.165) is 0 Å². The van der Waals surface area contributed by atoms with Gasteiger partial charge in [0.15, 0.2) is 11.4 Å². The van der Waals surface area contributed by atoms with Crippen molar-refractivity contribution < 1.29 is 19.4 Å². The molecule has 0 aliphatic heterocycles. The zero-order chi connectivity index (χ0) is 17.0. The van der Waals surface area contributed by atoms with Crippen LogP contribution in [0.4, 0.5) is 4.39 Å². The molecule has 124 valence electrons. The van der Waals surface area contributed by atoms with Gasteiger partial charge in [-0.2, -0.15) is 5.10 Å². The van der Waals surface area contributed by atoms with Crippen LogP contribution in [0, 0.1) is 11.7 Å². The average Bonchev–Trinajstić information content (AvgIpc) is 2.87. The number of hydrogen-bond donors (Lipinski definition) is 3. The maximum absolute atomic E-state index is 12.9. The van der Waals surface area contributed by atoms with Gasteiger partial charge in [-0.3, -0.25) is 4.79 Å².